The van der Waals surface area contributed by atoms with Crippen LogP contribution in [0.25, 0.3) is 0 Å². The number of hydrogen-bond acceptors (Lipinski definition) is 4. The Bertz CT molecular complexity index is 575. The Kier molecular flexibility index (Phi) is 4.89. The Morgan fingerprint density at radius 1 is 1.50 bits per heavy atom. The number of rotatable bonds is 6. The maximum atomic E-state index is 11.9. The van der Waals surface area contributed by atoms with Gasteiger partial charge in [0.25, 0.3) is 0 Å². The molecule has 20 heavy (non-hydrogen) atoms. The van der Waals surface area contributed by atoms with E-state index in [-0.39, 0.29) is 11.9 Å². The quantitative estimate of drug-likeness (QED) is 0.857. The minimum absolute atomic E-state index is 0.0811. The highest BCUT2D eigenvalue weighted by Crippen LogP contribution is 2.14. The highest BCUT2D eigenvalue weighted by atomic mass is 32.1. The molecule has 2 N–H and O–H groups in total. The highest BCUT2D eigenvalue weighted by molar-refractivity contribution is 7.09. The summed E-state index contributed by atoms with van der Waals surface area (Å²) in [6, 6.07) is 2.09. The van der Waals surface area contributed by atoms with Crippen LogP contribution >= 0.6 is 11.3 Å². The SMILES string of the molecule is Cc1cc(C[C@@H](C)NC(=O)CCc2scnc2C)n[nH]1. The van der Waals surface area contributed by atoms with Crippen molar-refractivity contribution in [2.24, 2.45) is 0 Å². The van der Waals surface area contributed by atoms with E-state index >= 15 is 0 Å². The van der Waals surface area contributed by atoms with Gasteiger partial charge >= 0.3 is 0 Å². The van der Waals surface area contributed by atoms with Gasteiger partial charge in [0, 0.05) is 29.5 Å². The van der Waals surface area contributed by atoms with Crippen LogP contribution in [0, 0.1) is 13.8 Å². The first-order valence-electron chi connectivity index (χ1n) is 6.74. The zero-order valence-electron chi connectivity index (χ0n) is 12.1. The fourth-order valence-corrected chi connectivity index (χ4v) is 2.87. The minimum Gasteiger partial charge on any atom is -0.353 e. The van der Waals surface area contributed by atoms with Gasteiger partial charge in [-0.05, 0) is 33.3 Å². The number of aromatic nitrogens is 3. The van der Waals surface area contributed by atoms with Crippen LogP contribution in [0.5, 0.6) is 0 Å². The van der Waals surface area contributed by atoms with E-state index in [4.69, 9.17) is 0 Å². The number of H-pyrrole nitrogens is 1. The van der Waals surface area contributed by atoms with Gasteiger partial charge in [-0.1, -0.05) is 0 Å². The molecule has 0 aliphatic rings. The van der Waals surface area contributed by atoms with Crippen LogP contribution in [-0.2, 0) is 17.6 Å². The summed E-state index contributed by atoms with van der Waals surface area (Å²) in [5.41, 5.74) is 4.88. The van der Waals surface area contributed by atoms with Crippen LogP contribution in [-0.4, -0.2) is 27.1 Å². The van der Waals surface area contributed by atoms with Gasteiger partial charge < -0.3 is 5.32 Å². The number of aryl methyl sites for hydroxylation is 3. The number of thiazole rings is 1. The summed E-state index contributed by atoms with van der Waals surface area (Å²) < 4.78 is 0. The molecule has 1 atom stereocenters. The van der Waals surface area contributed by atoms with Crippen molar-refractivity contribution in [3.8, 4) is 0 Å². The van der Waals surface area contributed by atoms with E-state index in [9.17, 15) is 4.79 Å². The molecule has 0 spiro atoms. The molecule has 0 bridgehead atoms. The lowest BCUT2D eigenvalue weighted by molar-refractivity contribution is -0.121. The molecule has 0 fully saturated rings. The molecule has 6 heteroatoms. The first-order chi connectivity index (χ1) is 9.54. The average molecular weight is 292 g/mol. The minimum atomic E-state index is 0.0811. The van der Waals surface area contributed by atoms with Gasteiger partial charge in [-0.15, -0.1) is 11.3 Å². The van der Waals surface area contributed by atoms with Crippen LogP contribution in [0.15, 0.2) is 11.6 Å². The van der Waals surface area contributed by atoms with Crippen molar-refractivity contribution >= 4 is 17.2 Å². The van der Waals surface area contributed by atoms with Gasteiger partial charge in [0.05, 0.1) is 16.9 Å². The second-order valence-electron chi connectivity index (χ2n) is 5.08. The van der Waals surface area contributed by atoms with Gasteiger partial charge in [-0.2, -0.15) is 5.10 Å². The van der Waals surface area contributed by atoms with Crippen molar-refractivity contribution in [2.75, 3.05) is 0 Å². The molecule has 0 saturated carbocycles. The van der Waals surface area contributed by atoms with E-state index in [1.54, 1.807) is 11.3 Å². The number of amides is 1. The fraction of sp³-hybridized carbons (Fsp3) is 0.500. The third-order valence-corrected chi connectivity index (χ3v) is 4.10. The Hall–Kier alpha value is -1.69. The Balaban J connectivity index is 1.75. The van der Waals surface area contributed by atoms with Crippen molar-refractivity contribution < 1.29 is 4.79 Å². The zero-order chi connectivity index (χ0) is 14.5. The van der Waals surface area contributed by atoms with Crippen LogP contribution in [0.4, 0.5) is 0 Å². The van der Waals surface area contributed by atoms with E-state index < -0.39 is 0 Å². The number of aromatic amines is 1. The van der Waals surface area contributed by atoms with Crippen molar-refractivity contribution in [1.29, 1.82) is 0 Å². The van der Waals surface area contributed by atoms with Gasteiger partial charge in [-0.3, -0.25) is 9.89 Å². The van der Waals surface area contributed by atoms with Crippen LogP contribution in [0.1, 0.15) is 35.3 Å². The van der Waals surface area contributed by atoms with Crippen molar-refractivity contribution in [3.05, 3.63) is 33.5 Å². The molecule has 1 amide bonds. The lowest BCUT2D eigenvalue weighted by Gasteiger charge is -2.12. The van der Waals surface area contributed by atoms with Crippen LogP contribution in [0.3, 0.4) is 0 Å². The molecule has 0 unspecified atom stereocenters. The average Bonchev–Trinajstić information content (AvgIpc) is 2.96. The Labute approximate surface area is 122 Å². The molecule has 0 aliphatic carbocycles. The normalized spacial score (nSPS) is 12.3. The summed E-state index contributed by atoms with van der Waals surface area (Å²) in [6.07, 6.45) is 2.01. The van der Waals surface area contributed by atoms with Crippen molar-refractivity contribution in [3.63, 3.8) is 0 Å². The number of carbonyl (C=O) groups excluding carboxylic acids is 1. The summed E-state index contributed by atoms with van der Waals surface area (Å²) in [5, 5.41) is 10.1. The summed E-state index contributed by atoms with van der Waals surface area (Å²) >= 11 is 1.61. The Morgan fingerprint density at radius 2 is 2.30 bits per heavy atom. The lowest BCUT2D eigenvalue weighted by atomic mass is 10.1. The molecular formula is C14H20N4OS. The Morgan fingerprint density at radius 3 is 2.90 bits per heavy atom. The monoisotopic (exact) mass is 292 g/mol. The molecule has 2 aromatic heterocycles. The van der Waals surface area contributed by atoms with Gasteiger partial charge in [0.2, 0.25) is 5.91 Å². The first-order valence-corrected chi connectivity index (χ1v) is 7.61. The predicted molar refractivity (Wildman–Crippen MR) is 79.8 cm³/mol. The van der Waals surface area contributed by atoms with E-state index in [0.717, 1.165) is 29.9 Å². The molecule has 0 aromatic carbocycles. The number of carbonyl (C=O) groups is 1. The van der Waals surface area contributed by atoms with Gasteiger partial charge in [-0.25, -0.2) is 4.98 Å². The molecular weight excluding hydrogens is 272 g/mol. The standard InChI is InChI=1S/C14H20N4OS/c1-9(6-12-7-10(2)17-18-12)16-14(19)5-4-13-11(3)15-8-20-13/h7-9H,4-6H2,1-3H3,(H,16,19)(H,17,18)/t9-/m1/s1. The van der Waals surface area contributed by atoms with Crippen LogP contribution < -0.4 is 5.32 Å². The maximum Gasteiger partial charge on any atom is 0.220 e. The highest BCUT2D eigenvalue weighted by Gasteiger charge is 2.11. The number of nitrogens with one attached hydrogen (secondary N) is 2. The molecule has 0 aliphatic heterocycles. The smallest absolute Gasteiger partial charge is 0.220 e. The van der Waals surface area contributed by atoms with Crippen molar-refractivity contribution in [2.45, 2.75) is 46.1 Å². The molecule has 2 heterocycles. The summed E-state index contributed by atoms with van der Waals surface area (Å²) in [6.45, 7) is 5.95. The molecule has 0 saturated heterocycles. The zero-order valence-corrected chi connectivity index (χ0v) is 12.9. The van der Waals surface area contributed by atoms with E-state index in [1.165, 1.54) is 4.88 Å². The topological polar surface area (TPSA) is 70.7 Å². The lowest BCUT2D eigenvalue weighted by Crippen LogP contribution is -2.34. The summed E-state index contributed by atoms with van der Waals surface area (Å²) in [4.78, 5) is 17.3. The molecule has 108 valence electrons. The van der Waals surface area contributed by atoms with E-state index in [1.807, 2.05) is 32.3 Å². The number of nitrogens with zero attached hydrogens (tertiary/aromatic N) is 2. The molecule has 2 aromatic rings. The predicted octanol–water partition coefficient (Wildman–Crippen LogP) is 2.16. The molecule has 2 rings (SSSR count). The van der Waals surface area contributed by atoms with Gasteiger partial charge in [0.15, 0.2) is 0 Å². The number of hydrogen-bond donors (Lipinski definition) is 2. The van der Waals surface area contributed by atoms with E-state index in [0.29, 0.717) is 6.42 Å². The van der Waals surface area contributed by atoms with Crippen LogP contribution in [0.2, 0.25) is 0 Å². The summed E-state index contributed by atoms with van der Waals surface area (Å²) in [5.74, 6) is 0.0811. The second-order valence-corrected chi connectivity index (χ2v) is 6.02. The third kappa shape index (κ3) is 4.16. The van der Waals surface area contributed by atoms with Crippen molar-refractivity contribution in [1.82, 2.24) is 20.5 Å². The van der Waals surface area contributed by atoms with E-state index in [2.05, 4.69) is 20.5 Å². The third-order valence-electron chi connectivity index (χ3n) is 3.11. The summed E-state index contributed by atoms with van der Waals surface area (Å²) in [7, 11) is 0. The fourth-order valence-electron chi connectivity index (χ4n) is 2.08. The molecule has 0 radical (unpaired) electrons. The van der Waals surface area contributed by atoms with Gasteiger partial charge in [0.1, 0.15) is 0 Å². The molecule has 5 nitrogen and oxygen atoms in total. The second kappa shape index (κ2) is 6.65. The largest absolute Gasteiger partial charge is 0.353 e. The first kappa shape index (κ1) is 14.7. The maximum absolute atomic E-state index is 11.9.